The van der Waals surface area contributed by atoms with Crippen LogP contribution >= 0.6 is 0 Å². The number of carbonyl (C=O) groups is 1. The second kappa shape index (κ2) is 7.56. The van der Waals surface area contributed by atoms with Crippen LogP contribution in [-0.2, 0) is 27.8 Å². The molecule has 2 aromatic rings. The second-order valence-corrected chi connectivity index (χ2v) is 9.10. The highest BCUT2D eigenvalue weighted by molar-refractivity contribution is 7.89. The molecule has 6 nitrogen and oxygen atoms in total. The lowest BCUT2D eigenvalue weighted by Gasteiger charge is -2.29. The van der Waals surface area contributed by atoms with E-state index < -0.39 is 10.0 Å². The Kier molecular flexibility index (Phi) is 5.12. The molecule has 0 bridgehead atoms. The van der Waals surface area contributed by atoms with E-state index in [4.69, 9.17) is 4.74 Å². The molecule has 2 aliphatic rings. The van der Waals surface area contributed by atoms with Gasteiger partial charge in [-0.1, -0.05) is 18.6 Å². The van der Waals surface area contributed by atoms with Gasteiger partial charge in [-0.2, -0.15) is 0 Å². The molecule has 2 aromatic carbocycles. The predicted molar refractivity (Wildman–Crippen MR) is 107 cm³/mol. The van der Waals surface area contributed by atoms with Gasteiger partial charge in [0.1, 0.15) is 5.75 Å². The van der Waals surface area contributed by atoms with Gasteiger partial charge in [0, 0.05) is 24.7 Å². The molecular weight excluding hydrogens is 376 g/mol. The average molecular weight is 401 g/mol. The molecule has 0 spiro atoms. The lowest BCUT2D eigenvalue weighted by Crippen LogP contribution is -2.37. The summed E-state index contributed by atoms with van der Waals surface area (Å²) in [6, 6.07) is 12.3. The number of benzene rings is 2. The van der Waals surface area contributed by atoms with E-state index >= 15 is 0 Å². The quantitative estimate of drug-likeness (QED) is 0.809. The van der Waals surface area contributed by atoms with Crippen molar-refractivity contribution in [1.82, 2.24) is 4.72 Å². The van der Waals surface area contributed by atoms with Crippen LogP contribution in [0.4, 0.5) is 5.69 Å². The number of carbonyl (C=O) groups excluding carboxylic acids is 1. The number of hydrogen-bond acceptors (Lipinski definition) is 4. The van der Waals surface area contributed by atoms with Crippen LogP contribution in [0, 0.1) is 5.92 Å². The van der Waals surface area contributed by atoms with E-state index in [1.54, 1.807) is 37.4 Å². The van der Waals surface area contributed by atoms with Gasteiger partial charge < -0.3 is 9.64 Å². The maximum Gasteiger partial charge on any atom is 0.240 e. The Morgan fingerprint density at radius 1 is 1.18 bits per heavy atom. The number of rotatable bonds is 6. The minimum absolute atomic E-state index is 0.139. The molecule has 0 atom stereocenters. The summed E-state index contributed by atoms with van der Waals surface area (Å²) >= 11 is 0. The number of amides is 1. The van der Waals surface area contributed by atoms with Crippen LogP contribution in [0.2, 0.25) is 0 Å². The fourth-order valence-electron chi connectivity index (χ4n) is 3.65. The SMILES string of the molecule is COc1ccc(CNS(=O)(=O)c2ccc3c(c2)CCN3C(=O)C2CCC2)cc1. The Hall–Kier alpha value is -2.38. The third-order valence-electron chi connectivity index (χ3n) is 5.60. The average Bonchev–Trinajstić information content (AvgIpc) is 3.09. The standard InChI is InChI=1S/C21H24N2O4S/c1-27-18-7-5-15(6-8-18)14-22-28(25,26)19-9-10-20-17(13-19)11-12-23(20)21(24)16-3-2-4-16/h5-10,13,16,22H,2-4,11-12,14H2,1H3. The van der Waals surface area contributed by atoms with E-state index in [-0.39, 0.29) is 23.3 Å². The number of methoxy groups -OCH3 is 1. The van der Waals surface area contributed by atoms with E-state index in [0.717, 1.165) is 41.8 Å². The normalized spacial score (nSPS) is 16.5. The summed E-state index contributed by atoms with van der Waals surface area (Å²) in [6.45, 7) is 0.836. The Bertz CT molecular complexity index is 982. The van der Waals surface area contributed by atoms with Crippen LogP contribution in [0.15, 0.2) is 47.4 Å². The van der Waals surface area contributed by atoms with Crippen molar-refractivity contribution in [1.29, 1.82) is 0 Å². The molecule has 28 heavy (non-hydrogen) atoms. The summed E-state index contributed by atoms with van der Waals surface area (Å²) in [5.74, 6) is 1.05. The first kappa shape index (κ1) is 19.0. The largest absolute Gasteiger partial charge is 0.497 e. The third-order valence-corrected chi connectivity index (χ3v) is 7.00. The minimum atomic E-state index is -3.63. The fraction of sp³-hybridized carbons (Fsp3) is 0.381. The van der Waals surface area contributed by atoms with E-state index in [1.165, 1.54) is 0 Å². The predicted octanol–water partition coefficient (Wildman–Crippen LogP) is 2.86. The summed E-state index contributed by atoms with van der Waals surface area (Å²) in [5.41, 5.74) is 2.62. The first-order valence-corrected chi connectivity index (χ1v) is 11.0. The van der Waals surface area contributed by atoms with Gasteiger partial charge in [0.2, 0.25) is 15.9 Å². The number of hydrogen-bond donors (Lipinski definition) is 1. The zero-order valence-electron chi connectivity index (χ0n) is 15.8. The maximum atomic E-state index is 12.7. The van der Waals surface area contributed by atoms with Crippen LogP contribution < -0.4 is 14.4 Å². The van der Waals surface area contributed by atoms with E-state index in [0.29, 0.717) is 13.0 Å². The van der Waals surface area contributed by atoms with E-state index in [2.05, 4.69) is 4.72 Å². The fourth-order valence-corrected chi connectivity index (χ4v) is 4.72. The summed E-state index contributed by atoms with van der Waals surface area (Å²) in [4.78, 5) is 14.6. The van der Waals surface area contributed by atoms with Gasteiger partial charge in [0.25, 0.3) is 0 Å². The molecule has 1 aliphatic heterocycles. The molecule has 1 fully saturated rings. The highest BCUT2D eigenvalue weighted by Crippen LogP contribution is 2.35. The Balaban J connectivity index is 1.47. The van der Waals surface area contributed by atoms with Crippen molar-refractivity contribution in [2.24, 2.45) is 5.92 Å². The number of nitrogens with zero attached hydrogens (tertiary/aromatic N) is 1. The topological polar surface area (TPSA) is 75.7 Å². The van der Waals surface area contributed by atoms with Crippen LogP contribution in [0.3, 0.4) is 0 Å². The first-order valence-electron chi connectivity index (χ1n) is 9.55. The Morgan fingerprint density at radius 3 is 2.57 bits per heavy atom. The molecular formula is C21H24N2O4S. The summed E-state index contributed by atoms with van der Waals surface area (Å²) in [6.07, 6.45) is 3.74. The van der Waals surface area contributed by atoms with Crippen molar-refractivity contribution in [2.75, 3.05) is 18.6 Å². The van der Waals surface area contributed by atoms with Gasteiger partial charge in [-0.05, 0) is 60.7 Å². The van der Waals surface area contributed by atoms with Crippen molar-refractivity contribution in [3.05, 3.63) is 53.6 Å². The van der Waals surface area contributed by atoms with Crippen molar-refractivity contribution in [3.8, 4) is 5.75 Å². The van der Waals surface area contributed by atoms with Crippen molar-refractivity contribution < 1.29 is 17.9 Å². The van der Waals surface area contributed by atoms with Crippen LogP contribution in [0.1, 0.15) is 30.4 Å². The second-order valence-electron chi connectivity index (χ2n) is 7.33. The van der Waals surface area contributed by atoms with Gasteiger partial charge in [0.05, 0.1) is 12.0 Å². The molecule has 7 heteroatoms. The molecule has 1 N–H and O–H groups in total. The van der Waals surface area contributed by atoms with Gasteiger partial charge in [0.15, 0.2) is 0 Å². The highest BCUT2D eigenvalue weighted by Gasteiger charge is 2.33. The molecule has 0 saturated heterocycles. The maximum absolute atomic E-state index is 12.7. The zero-order valence-corrected chi connectivity index (χ0v) is 16.7. The molecule has 1 heterocycles. The number of nitrogens with one attached hydrogen (secondary N) is 1. The molecule has 4 rings (SSSR count). The van der Waals surface area contributed by atoms with Crippen LogP contribution in [0.25, 0.3) is 0 Å². The van der Waals surface area contributed by atoms with Crippen molar-refractivity contribution >= 4 is 21.6 Å². The Labute approximate surface area is 165 Å². The number of ether oxygens (including phenoxy) is 1. The number of anilines is 1. The first-order chi connectivity index (χ1) is 13.5. The van der Waals surface area contributed by atoms with Gasteiger partial charge >= 0.3 is 0 Å². The number of sulfonamides is 1. The lowest BCUT2D eigenvalue weighted by atomic mass is 9.84. The summed E-state index contributed by atoms with van der Waals surface area (Å²) < 4.78 is 33.1. The van der Waals surface area contributed by atoms with Crippen molar-refractivity contribution in [3.63, 3.8) is 0 Å². The van der Waals surface area contributed by atoms with E-state index in [9.17, 15) is 13.2 Å². The lowest BCUT2D eigenvalue weighted by molar-refractivity contribution is -0.124. The number of fused-ring (bicyclic) bond motifs is 1. The van der Waals surface area contributed by atoms with Gasteiger partial charge in [-0.25, -0.2) is 13.1 Å². The smallest absolute Gasteiger partial charge is 0.240 e. The van der Waals surface area contributed by atoms with Crippen molar-refractivity contribution in [2.45, 2.75) is 37.1 Å². The molecule has 1 saturated carbocycles. The molecule has 1 amide bonds. The molecule has 0 aromatic heterocycles. The Morgan fingerprint density at radius 2 is 1.93 bits per heavy atom. The zero-order chi connectivity index (χ0) is 19.7. The molecule has 0 radical (unpaired) electrons. The molecule has 1 aliphatic carbocycles. The molecule has 0 unspecified atom stereocenters. The van der Waals surface area contributed by atoms with Crippen LogP contribution in [-0.4, -0.2) is 28.0 Å². The summed E-state index contributed by atoms with van der Waals surface area (Å²) in [7, 11) is -2.04. The molecule has 148 valence electrons. The van der Waals surface area contributed by atoms with Gasteiger partial charge in [-0.3, -0.25) is 4.79 Å². The minimum Gasteiger partial charge on any atom is -0.497 e. The van der Waals surface area contributed by atoms with Gasteiger partial charge in [-0.15, -0.1) is 0 Å². The van der Waals surface area contributed by atoms with Crippen LogP contribution in [0.5, 0.6) is 5.75 Å². The highest BCUT2D eigenvalue weighted by atomic mass is 32.2. The van der Waals surface area contributed by atoms with E-state index in [1.807, 2.05) is 17.0 Å². The summed E-state index contributed by atoms with van der Waals surface area (Å²) in [5, 5.41) is 0. The third kappa shape index (κ3) is 3.64. The monoisotopic (exact) mass is 400 g/mol.